The predicted molar refractivity (Wildman–Crippen MR) is 63.1 cm³/mol. The van der Waals surface area contributed by atoms with Gasteiger partial charge in [-0.05, 0) is 37.1 Å². The lowest BCUT2D eigenvalue weighted by atomic mass is 10.1. The number of amides is 1. The number of carboxylic acid groups (broad SMARTS) is 1. The van der Waals surface area contributed by atoms with Gasteiger partial charge in [0.2, 0.25) is 5.91 Å². The third kappa shape index (κ3) is 2.01. The number of fused-ring (bicyclic) bond motifs is 1. The summed E-state index contributed by atoms with van der Waals surface area (Å²) in [6, 6.07) is 4.26. The van der Waals surface area contributed by atoms with Crippen molar-refractivity contribution in [3.05, 3.63) is 29.3 Å². The molecule has 5 heteroatoms. The van der Waals surface area contributed by atoms with Crippen molar-refractivity contribution in [2.75, 3.05) is 11.4 Å². The Morgan fingerprint density at radius 1 is 1.47 bits per heavy atom. The zero-order chi connectivity index (χ0) is 12.6. The fraction of sp³-hybridized carbons (Fsp3) is 0.333. The summed E-state index contributed by atoms with van der Waals surface area (Å²) < 4.78 is 0. The fourth-order valence-corrected chi connectivity index (χ4v) is 2.01. The second kappa shape index (κ2) is 4.18. The van der Waals surface area contributed by atoms with Gasteiger partial charge in [-0.2, -0.15) is 0 Å². The molecule has 0 radical (unpaired) electrons. The molecule has 1 heterocycles. The van der Waals surface area contributed by atoms with E-state index in [2.05, 4.69) is 0 Å². The number of benzene rings is 1. The van der Waals surface area contributed by atoms with Crippen LogP contribution in [0.15, 0.2) is 18.2 Å². The first-order valence-corrected chi connectivity index (χ1v) is 5.44. The van der Waals surface area contributed by atoms with Crippen LogP contribution < -0.4 is 10.6 Å². The molecular weight excluding hydrogens is 220 g/mol. The molecule has 2 rings (SSSR count). The highest BCUT2D eigenvalue weighted by Crippen LogP contribution is 2.29. The smallest absolute Gasteiger partial charge is 0.335 e. The normalized spacial score (nSPS) is 15.5. The van der Waals surface area contributed by atoms with Gasteiger partial charge in [0.15, 0.2) is 0 Å². The summed E-state index contributed by atoms with van der Waals surface area (Å²) in [5, 5.41) is 8.88. The average molecular weight is 234 g/mol. The van der Waals surface area contributed by atoms with Gasteiger partial charge in [-0.15, -0.1) is 0 Å². The number of nitrogens with two attached hydrogens (primary N) is 1. The molecule has 0 spiro atoms. The van der Waals surface area contributed by atoms with Crippen LogP contribution in [-0.2, 0) is 11.2 Å². The number of carbonyl (C=O) groups is 2. The Labute approximate surface area is 98.8 Å². The van der Waals surface area contributed by atoms with Crippen molar-refractivity contribution >= 4 is 17.6 Å². The molecule has 3 N–H and O–H groups in total. The third-order valence-corrected chi connectivity index (χ3v) is 2.88. The van der Waals surface area contributed by atoms with Crippen LogP contribution in [0.1, 0.15) is 22.8 Å². The molecule has 1 amide bonds. The molecule has 0 aliphatic carbocycles. The average Bonchev–Trinajstić information content (AvgIpc) is 2.70. The number of rotatable bonds is 2. The van der Waals surface area contributed by atoms with Crippen molar-refractivity contribution in [2.24, 2.45) is 5.73 Å². The Kier molecular flexibility index (Phi) is 2.85. The minimum Gasteiger partial charge on any atom is -0.478 e. The van der Waals surface area contributed by atoms with Crippen LogP contribution in [-0.4, -0.2) is 29.6 Å². The first-order valence-electron chi connectivity index (χ1n) is 5.44. The van der Waals surface area contributed by atoms with E-state index in [1.165, 1.54) is 6.07 Å². The van der Waals surface area contributed by atoms with Crippen LogP contribution in [0.3, 0.4) is 0 Å². The van der Waals surface area contributed by atoms with Gasteiger partial charge in [0.25, 0.3) is 0 Å². The number of nitrogens with zero attached hydrogens (tertiary/aromatic N) is 1. The molecule has 0 bridgehead atoms. The molecule has 5 nitrogen and oxygen atoms in total. The van der Waals surface area contributed by atoms with Crippen LogP contribution >= 0.6 is 0 Å². The molecule has 90 valence electrons. The second-order valence-corrected chi connectivity index (χ2v) is 4.18. The summed E-state index contributed by atoms with van der Waals surface area (Å²) in [5.74, 6) is -1.09. The van der Waals surface area contributed by atoms with E-state index in [0.717, 1.165) is 11.3 Å². The van der Waals surface area contributed by atoms with E-state index in [-0.39, 0.29) is 11.5 Å². The van der Waals surface area contributed by atoms with Gasteiger partial charge < -0.3 is 15.7 Å². The minimum absolute atomic E-state index is 0.133. The summed E-state index contributed by atoms with van der Waals surface area (Å²) >= 11 is 0. The summed E-state index contributed by atoms with van der Waals surface area (Å²) in [7, 11) is 0. The Balaban J connectivity index is 2.34. The van der Waals surface area contributed by atoms with Crippen molar-refractivity contribution in [3.63, 3.8) is 0 Å². The number of anilines is 1. The topological polar surface area (TPSA) is 83.6 Å². The minimum atomic E-state index is -0.954. The molecule has 1 unspecified atom stereocenters. The zero-order valence-electron chi connectivity index (χ0n) is 9.51. The summed E-state index contributed by atoms with van der Waals surface area (Å²) in [6.45, 7) is 2.21. The first-order chi connectivity index (χ1) is 8.00. The van der Waals surface area contributed by atoms with Gasteiger partial charge in [0, 0.05) is 12.2 Å². The molecule has 0 saturated carbocycles. The SMILES string of the molecule is CC(N)C(=O)N1CCc2cc(C(=O)O)ccc21. The standard InChI is InChI=1S/C12H14N2O3/c1-7(13)11(15)14-5-4-8-6-9(12(16)17)2-3-10(8)14/h2-3,6-7H,4-5,13H2,1H3,(H,16,17). The van der Waals surface area contributed by atoms with Crippen LogP contribution in [0, 0.1) is 0 Å². The predicted octanol–water partition coefficient (Wildman–Crippen LogP) is 0.621. The Morgan fingerprint density at radius 2 is 2.18 bits per heavy atom. The lowest BCUT2D eigenvalue weighted by Gasteiger charge is -2.19. The van der Waals surface area contributed by atoms with E-state index in [0.29, 0.717) is 13.0 Å². The quantitative estimate of drug-likeness (QED) is 0.785. The van der Waals surface area contributed by atoms with Crippen molar-refractivity contribution < 1.29 is 14.7 Å². The van der Waals surface area contributed by atoms with Crippen LogP contribution in [0.4, 0.5) is 5.69 Å². The highest BCUT2D eigenvalue weighted by atomic mass is 16.4. The Hall–Kier alpha value is -1.88. The highest BCUT2D eigenvalue weighted by Gasteiger charge is 2.26. The molecule has 1 aromatic rings. The van der Waals surface area contributed by atoms with Crippen LogP contribution in [0.25, 0.3) is 0 Å². The lowest BCUT2D eigenvalue weighted by Crippen LogP contribution is -2.41. The van der Waals surface area contributed by atoms with Gasteiger partial charge in [-0.25, -0.2) is 4.79 Å². The molecule has 1 aliphatic rings. The maximum absolute atomic E-state index is 11.8. The van der Waals surface area contributed by atoms with Crippen molar-refractivity contribution in [1.82, 2.24) is 0 Å². The molecule has 1 aliphatic heterocycles. The summed E-state index contributed by atoms with van der Waals surface area (Å²) in [6.07, 6.45) is 0.676. The second-order valence-electron chi connectivity index (χ2n) is 4.18. The monoisotopic (exact) mass is 234 g/mol. The van der Waals surface area contributed by atoms with Crippen molar-refractivity contribution in [2.45, 2.75) is 19.4 Å². The van der Waals surface area contributed by atoms with Gasteiger partial charge in [-0.1, -0.05) is 0 Å². The molecular formula is C12H14N2O3. The third-order valence-electron chi connectivity index (χ3n) is 2.88. The highest BCUT2D eigenvalue weighted by molar-refractivity contribution is 5.99. The number of aromatic carboxylic acids is 1. The van der Waals surface area contributed by atoms with Crippen LogP contribution in [0.2, 0.25) is 0 Å². The van der Waals surface area contributed by atoms with E-state index in [1.54, 1.807) is 24.0 Å². The summed E-state index contributed by atoms with van der Waals surface area (Å²) in [5.41, 5.74) is 7.48. The number of hydrogen-bond acceptors (Lipinski definition) is 3. The molecule has 0 saturated heterocycles. The van der Waals surface area contributed by atoms with Crippen molar-refractivity contribution in [1.29, 1.82) is 0 Å². The fourth-order valence-electron chi connectivity index (χ4n) is 2.01. The molecule has 0 aromatic heterocycles. The van der Waals surface area contributed by atoms with Gasteiger partial charge in [0.1, 0.15) is 0 Å². The lowest BCUT2D eigenvalue weighted by molar-refractivity contribution is -0.119. The van der Waals surface area contributed by atoms with Crippen LogP contribution in [0.5, 0.6) is 0 Å². The van der Waals surface area contributed by atoms with E-state index in [9.17, 15) is 9.59 Å². The maximum Gasteiger partial charge on any atom is 0.335 e. The largest absolute Gasteiger partial charge is 0.478 e. The molecule has 1 atom stereocenters. The van der Waals surface area contributed by atoms with E-state index in [1.807, 2.05) is 0 Å². The Bertz CT molecular complexity index is 483. The number of hydrogen-bond donors (Lipinski definition) is 2. The van der Waals surface area contributed by atoms with E-state index in [4.69, 9.17) is 10.8 Å². The van der Waals surface area contributed by atoms with Gasteiger partial charge in [0.05, 0.1) is 11.6 Å². The van der Waals surface area contributed by atoms with Crippen molar-refractivity contribution in [3.8, 4) is 0 Å². The van der Waals surface area contributed by atoms with Gasteiger partial charge in [-0.3, -0.25) is 4.79 Å². The van der Waals surface area contributed by atoms with E-state index < -0.39 is 12.0 Å². The van der Waals surface area contributed by atoms with Gasteiger partial charge >= 0.3 is 5.97 Å². The number of carbonyl (C=O) groups excluding carboxylic acids is 1. The number of carboxylic acids is 1. The first kappa shape index (κ1) is 11.6. The molecule has 0 fully saturated rings. The Morgan fingerprint density at radius 3 is 2.76 bits per heavy atom. The zero-order valence-corrected chi connectivity index (χ0v) is 9.51. The summed E-state index contributed by atoms with van der Waals surface area (Å²) in [4.78, 5) is 24.3. The molecule has 1 aromatic carbocycles. The van der Waals surface area contributed by atoms with E-state index >= 15 is 0 Å². The maximum atomic E-state index is 11.8. The molecule has 17 heavy (non-hydrogen) atoms.